The molecule has 1 aromatic heterocycles. The van der Waals surface area contributed by atoms with Crippen LogP contribution in [0.15, 0.2) is 84.9 Å². The van der Waals surface area contributed by atoms with Crippen LogP contribution in [-0.2, 0) is 13.0 Å². The molecule has 0 aliphatic carbocycles. The lowest BCUT2D eigenvalue weighted by atomic mass is 10.0. The average Bonchev–Trinajstić information content (AvgIpc) is 2.80. The molecule has 4 nitrogen and oxygen atoms in total. The lowest BCUT2D eigenvalue weighted by Crippen LogP contribution is -2.30. The van der Waals surface area contributed by atoms with Crippen molar-refractivity contribution in [2.45, 2.75) is 19.4 Å². The Balaban J connectivity index is 1.63. The van der Waals surface area contributed by atoms with Crippen LogP contribution in [0.3, 0.4) is 0 Å². The maximum absolute atomic E-state index is 9.85. The number of phenolic OH excluding ortho intramolecular Hbond substituents is 1. The number of hydrogen-bond donors (Lipinski definition) is 1. The molecular formula is C26H23N3O. The molecule has 0 saturated carbocycles. The van der Waals surface area contributed by atoms with Gasteiger partial charge in [-0.05, 0) is 30.5 Å². The molecule has 1 aliphatic rings. The van der Waals surface area contributed by atoms with Gasteiger partial charge < -0.3 is 10.0 Å². The second-order valence-electron chi connectivity index (χ2n) is 7.62. The van der Waals surface area contributed by atoms with Gasteiger partial charge >= 0.3 is 0 Å². The van der Waals surface area contributed by atoms with Crippen LogP contribution in [0.1, 0.15) is 17.7 Å². The summed E-state index contributed by atoms with van der Waals surface area (Å²) in [4.78, 5) is 12.6. The van der Waals surface area contributed by atoms with Gasteiger partial charge in [-0.25, -0.2) is 9.97 Å². The van der Waals surface area contributed by atoms with E-state index in [9.17, 15) is 5.11 Å². The van der Waals surface area contributed by atoms with Gasteiger partial charge in [0.2, 0.25) is 0 Å². The molecule has 0 radical (unpaired) electrons. The molecular weight excluding hydrogens is 370 g/mol. The molecule has 0 spiro atoms. The van der Waals surface area contributed by atoms with E-state index in [1.807, 2.05) is 54.6 Å². The van der Waals surface area contributed by atoms with E-state index in [-0.39, 0.29) is 0 Å². The molecule has 4 aromatic rings. The number of aryl methyl sites for hydroxylation is 1. The number of nitrogens with zero attached hydrogens (tertiary/aromatic N) is 3. The van der Waals surface area contributed by atoms with Gasteiger partial charge in [-0.3, -0.25) is 0 Å². The maximum atomic E-state index is 9.85. The van der Waals surface area contributed by atoms with E-state index in [4.69, 9.17) is 9.97 Å². The van der Waals surface area contributed by atoms with Crippen molar-refractivity contribution in [3.05, 3.63) is 96.2 Å². The van der Waals surface area contributed by atoms with Gasteiger partial charge in [0.25, 0.3) is 0 Å². The number of aromatic nitrogens is 2. The highest BCUT2D eigenvalue weighted by Gasteiger charge is 2.24. The smallest absolute Gasteiger partial charge is 0.151 e. The predicted molar refractivity (Wildman–Crippen MR) is 120 cm³/mol. The van der Waals surface area contributed by atoms with E-state index >= 15 is 0 Å². The molecule has 1 N–H and O–H groups in total. The van der Waals surface area contributed by atoms with E-state index in [0.29, 0.717) is 12.3 Å². The summed E-state index contributed by atoms with van der Waals surface area (Å²) in [6, 6.07) is 28.0. The molecule has 148 valence electrons. The summed E-state index contributed by atoms with van der Waals surface area (Å²) in [5.74, 6) is 1.24. The van der Waals surface area contributed by atoms with Gasteiger partial charge in [0, 0.05) is 24.2 Å². The van der Waals surface area contributed by atoms with Crippen molar-refractivity contribution in [1.29, 1.82) is 0 Å². The zero-order valence-electron chi connectivity index (χ0n) is 16.7. The van der Waals surface area contributed by atoms with Crippen LogP contribution < -0.4 is 4.90 Å². The molecule has 5 rings (SSSR count). The monoisotopic (exact) mass is 393 g/mol. The van der Waals surface area contributed by atoms with E-state index in [1.165, 1.54) is 0 Å². The third-order valence-corrected chi connectivity index (χ3v) is 5.47. The van der Waals surface area contributed by atoms with Gasteiger partial charge in [-0.15, -0.1) is 0 Å². The highest BCUT2D eigenvalue weighted by Crippen LogP contribution is 2.35. The summed E-state index contributed by atoms with van der Waals surface area (Å²) >= 11 is 0. The minimum absolute atomic E-state index is 0.292. The highest BCUT2D eigenvalue weighted by molar-refractivity contribution is 5.79. The number of hydrogen-bond acceptors (Lipinski definition) is 4. The van der Waals surface area contributed by atoms with E-state index in [1.54, 1.807) is 6.07 Å². The van der Waals surface area contributed by atoms with Crippen LogP contribution in [0.25, 0.3) is 22.5 Å². The summed E-state index contributed by atoms with van der Waals surface area (Å²) < 4.78 is 0. The van der Waals surface area contributed by atoms with Crippen LogP contribution in [0.4, 0.5) is 5.82 Å². The Kier molecular flexibility index (Phi) is 4.89. The number of benzene rings is 3. The van der Waals surface area contributed by atoms with Gasteiger partial charge in [-0.2, -0.15) is 0 Å². The Bertz CT molecular complexity index is 1160. The molecule has 0 atom stereocenters. The van der Waals surface area contributed by atoms with E-state index in [2.05, 4.69) is 29.2 Å². The normalized spacial score (nSPS) is 13.1. The van der Waals surface area contributed by atoms with Crippen molar-refractivity contribution >= 4 is 5.82 Å². The summed E-state index contributed by atoms with van der Waals surface area (Å²) in [6.45, 7) is 1.63. The Hall–Kier alpha value is -3.66. The zero-order valence-corrected chi connectivity index (χ0v) is 16.7. The number of rotatable bonds is 4. The van der Waals surface area contributed by atoms with Crippen LogP contribution in [0.2, 0.25) is 0 Å². The average molecular weight is 393 g/mol. The Morgan fingerprint density at radius 3 is 2.10 bits per heavy atom. The molecule has 3 aromatic carbocycles. The zero-order chi connectivity index (χ0) is 20.3. The van der Waals surface area contributed by atoms with Crippen molar-refractivity contribution in [3.8, 4) is 28.3 Å². The first-order valence-corrected chi connectivity index (χ1v) is 10.3. The quantitative estimate of drug-likeness (QED) is 0.500. The topological polar surface area (TPSA) is 49.2 Å². The summed E-state index contributed by atoms with van der Waals surface area (Å²) in [5.41, 5.74) is 6.09. The Morgan fingerprint density at radius 1 is 0.767 bits per heavy atom. The molecule has 0 unspecified atom stereocenters. The summed E-state index contributed by atoms with van der Waals surface area (Å²) in [7, 11) is 0. The van der Waals surface area contributed by atoms with Crippen molar-refractivity contribution in [1.82, 2.24) is 9.97 Å². The van der Waals surface area contributed by atoms with Gasteiger partial charge in [0.15, 0.2) is 5.82 Å². The van der Waals surface area contributed by atoms with Gasteiger partial charge in [0.1, 0.15) is 5.75 Å². The third-order valence-electron chi connectivity index (χ3n) is 5.47. The molecule has 0 fully saturated rings. The summed E-state index contributed by atoms with van der Waals surface area (Å²) in [6.07, 6.45) is 1.97. The fraction of sp³-hybridized carbons (Fsp3) is 0.154. The molecule has 1 aliphatic heterocycles. The Morgan fingerprint density at radius 2 is 1.43 bits per heavy atom. The van der Waals surface area contributed by atoms with E-state index < -0.39 is 0 Å². The third kappa shape index (κ3) is 3.64. The highest BCUT2D eigenvalue weighted by atomic mass is 16.3. The Labute approximate surface area is 176 Å². The molecule has 30 heavy (non-hydrogen) atoms. The van der Waals surface area contributed by atoms with Crippen LogP contribution >= 0.6 is 0 Å². The molecule has 0 saturated heterocycles. The molecule has 0 amide bonds. The SMILES string of the molecule is Oc1cccc(CN2CCCc3nc(-c4ccccc4)c(-c4ccccc4)nc32)c1. The molecule has 0 bridgehead atoms. The number of anilines is 1. The lowest BCUT2D eigenvalue weighted by Gasteiger charge is -2.30. The number of phenols is 1. The second kappa shape index (κ2) is 7.99. The second-order valence-corrected chi connectivity index (χ2v) is 7.62. The first-order chi connectivity index (χ1) is 14.8. The fourth-order valence-corrected chi connectivity index (χ4v) is 4.05. The largest absolute Gasteiger partial charge is 0.508 e. The van der Waals surface area contributed by atoms with Crippen molar-refractivity contribution < 1.29 is 5.11 Å². The maximum Gasteiger partial charge on any atom is 0.151 e. The van der Waals surface area contributed by atoms with Crippen molar-refractivity contribution in [2.75, 3.05) is 11.4 Å². The van der Waals surface area contributed by atoms with Crippen LogP contribution in [0, 0.1) is 0 Å². The number of aromatic hydroxyl groups is 1. The van der Waals surface area contributed by atoms with Crippen molar-refractivity contribution in [3.63, 3.8) is 0 Å². The minimum atomic E-state index is 0.292. The number of fused-ring (bicyclic) bond motifs is 1. The minimum Gasteiger partial charge on any atom is -0.508 e. The first kappa shape index (κ1) is 18.4. The van der Waals surface area contributed by atoms with Gasteiger partial charge in [-0.1, -0.05) is 72.8 Å². The predicted octanol–water partition coefficient (Wildman–Crippen LogP) is 5.47. The van der Waals surface area contributed by atoms with Gasteiger partial charge in [0.05, 0.1) is 17.1 Å². The molecule has 2 heterocycles. The molecule has 4 heteroatoms. The lowest BCUT2D eigenvalue weighted by molar-refractivity contribution is 0.474. The first-order valence-electron chi connectivity index (χ1n) is 10.3. The van der Waals surface area contributed by atoms with Crippen LogP contribution in [-0.4, -0.2) is 21.6 Å². The van der Waals surface area contributed by atoms with E-state index in [0.717, 1.165) is 59.0 Å². The summed E-state index contributed by atoms with van der Waals surface area (Å²) in [5, 5.41) is 9.85. The fourth-order valence-electron chi connectivity index (χ4n) is 4.05. The van der Waals surface area contributed by atoms with Crippen LogP contribution in [0.5, 0.6) is 5.75 Å². The standard InChI is InChI=1S/C26H23N3O/c30-22-14-7-9-19(17-22)18-29-16-8-15-23-26(29)28-25(21-12-5-2-6-13-21)24(27-23)20-10-3-1-4-11-20/h1-7,9-14,17,30H,8,15-16,18H2. The van der Waals surface area contributed by atoms with Crippen molar-refractivity contribution in [2.24, 2.45) is 0 Å².